The average molecular weight is 405 g/mol. The maximum atomic E-state index is 13.4. The third-order valence-corrected chi connectivity index (χ3v) is 5.78. The molecule has 1 spiro atoms. The van der Waals surface area contributed by atoms with Crippen molar-refractivity contribution in [3.8, 4) is 11.5 Å². The summed E-state index contributed by atoms with van der Waals surface area (Å²) in [4.78, 5) is 28.7. The van der Waals surface area contributed by atoms with E-state index in [0.29, 0.717) is 36.3 Å². The first-order valence-corrected chi connectivity index (χ1v) is 9.73. The summed E-state index contributed by atoms with van der Waals surface area (Å²) in [5, 5.41) is 3.63. The molecule has 8 nitrogen and oxygen atoms in total. The second-order valence-corrected chi connectivity index (χ2v) is 7.66. The van der Waals surface area contributed by atoms with Crippen molar-refractivity contribution in [2.24, 2.45) is 0 Å². The predicted octanol–water partition coefficient (Wildman–Crippen LogP) is 0.853. The van der Waals surface area contributed by atoms with Crippen LogP contribution in [0.25, 0.3) is 0 Å². The number of fused-ring (bicyclic) bond motifs is 1. The van der Waals surface area contributed by atoms with E-state index in [-0.39, 0.29) is 37.6 Å². The number of esters is 1. The zero-order chi connectivity index (χ0) is 19.9. The number of ether oxygens (including phenoxy) is 3. The Hall–Kier alpha value is -2.39. The summed E-state index contributed by atoms with van der Waals surface area (Å²) in [5.74, 6) is 0.851. The quantitative estimate of drug-likeness (QED) is 0.571. The number of rotatable bonds is 5. The molecule has 3 aliphatic rings. The zero-order valence-corrected chi connectivity index (χ0v) is 16.7. The van der Waals surface area contributed by atoms with Crippen molar-refractivity contribution in [3.63, 3.8) is 0 Å². The van der Waals surface area contributed by atoms with Crippen molar-refractivity contribution in [2.45, 2.75) is 24.8 Å². The molecule has 0 bridgehead atoms. The number of nitrogens with zero attached hydrogens (tertiary/aromatic N) is 2. The molecular formula is C19H23N3O5S. The smallest absolute Gasteiger partial charge is 0.307 e. The Balaban J connectivity index is 1.59. The van der Waals surface area contributed by atoms with Crippen molar-refractivity contribution in [3.05, 3.63) is 23.8 Å². The van der Waals surface area contributed by atoms with E-state index in [1.165, 1.54) is 4.90 Å². The van der Waals surface area contributed by atoms with Crippen molar-refractivity contribution in [2.75, 3.05) is 40.1 Å². The normalized spacial score (nSPS) is 26.2. The van der Waals surface area contributed by atoms with E-state index in [2.05, 4.69) is 10.2 Å². The summed E-state index contributed by atoms with van der Waals surface area (Å²) < 4.78 is 15.9. The molecule has 1 aromatic carbocycles. The van der Waals surface area contributed by atoms with Crippen LogP contribution in [-0.2, 0) is 14.3 Å². The fraction of sp³-hybridized carbons (Fsp3) is 0.526. The minimum absolute atomic E-state index is 0.103. The third kappa shape index (κ3) is 3.08. The topological polar surface area (TPSA) is 80.3 Å². The highest BCUT2D eigenvalue weighted by Crippen LogP contribution is 2.43. The van der Waals surface area contributed by atoms with Gasteiger partial charge in [-0.15, -0.1) is 0 Å². The van der Waals surface area contributed by atoms with E-state index in [9.17, 15) is 9.59 Å². The summed E-state index contributed by atoms with van der Waals surface area (Å²) in [7, 11) is 1.98. The van der Waals surface area contributed by atoms with E-state index < -0.39 is 5.54 Å². The maximum Gasteiger partial charge on any atom is 0.307 e. The number of likely N-dealkylation sites (N-methyl/N-ethyl adjacent to an activating group) is 1. The van der Waals surface area contributed by atoms with Gasteiger partial charge in [-0.3, -0.25) is 14.5 Å². The molecule has 1 aromatic rings. The fourth-order valence-electron chi connectivity index (χ4n) is 4.22. The molecule has 1 N–H and O–H groups in total. The van der Waals surface area contributed by atoms with Gasteiger partial charge >= 0.3 is 5.97 Å². The molecular weight excluding hydrogens is 382 g/mol. The van der Waals surface area contributed by atoms with Crippen LogP contribution >= 0.6 is 12.2 Å². The van der Waals surface area contributed by atoms with E-state index in [0.717, 1.165) is 5.56 Å². The first-order chi connectivity index (χ1) is 13.4. The van der Waals surface area contributed by atoms with Crippen LogP contribution < -0.4 is 14.8 Å². The zero-order valence-electron chi connectivity index (χ0n) is 15.9. The summed E-state index contributed by atoms with van der Waals surface area (Å²) in [5.41, 5.74) is 0.137. The molecule has 4 rings (SSSR count). The van der Waals surface area contributed by atoms with Gasteiger partial charge < -0.3 is 24.4 Å². The number of hydrogen-bond acceptors (Lipinski definition) is 7. The Morgan fingerprint density at radius 3 is 2.96 bits per heavy atom. The minimum atomic E-state index is -0.853. The van der Waals surface area contributed by atoms with Crippen molar-refractivity contribution < 1.29 is 23.8 Å². The van der Waals surface area contributed by atoms with Gasteiger partial charge in [-0.1, -0.05) is 6.07 Å². The molecule has 2 fully saturated rings. The van der Waals surface area contributed by atoms with Crippen LogP contribution in [0, 0.1) is 0 Å². The van der Waals surface area contributed by atoms with Crippen LogP contribution in [0.2, 0.25) is 0 Å². The highest BCUT2D eigenvalue weighted by molar-refractivity contribution is 7.80. The highest BCUT2D eigenvalue weighted by atomic mass is 32.1. The van der Waals surface area contributed by atoms with Crippen LogP contribution in [0.3, 0.4) is 0 Å². The lowest BCUT2D eigenvalue weighted by Crippen LogP contribution is -2.52. The van der Waals surface area contributed by atoms with Gasteiger partial charge in [0, 0.05) is 25.6 Å². The molecule has 0 unspecified atom stereocenters. The molecule has 150 valence electrons. The molecule has 2 saturated heterocycles. The number of hydrogen-bond donors (Lipinski definition) is 1. The lowest BCUT2D eigenvalue weighted by Gasteiger charge is -2.28. The predicted molar refractivity (Wildman–Crippen MR) is 104 cm³/mol. The number of carbonyl (C=O) groups is 2. The largest absolute Gasteiger partial charge is 0.466 e. The van der Waals surface area contributed by atoms with Gasteiger partial charge in [0.2, 0.25) is 6.79 Å². The molecule has 0 radical (unpaired) electrons. The summed E-state index contributed by atoms with van der Waals surface area (Å²) in [6, 6.07) is 5.78. The summed E-state index contributed by atoms with van der Waals surface area (Å²) in [6.07, 6.45) is 0.113. The van der Waals surface area contributed by atoms with E-state index in [1.54, 1.807) is 6.92 Å². The van der Waals surface area contributed by atoms with Gasteiger partial charge in [-0.25, -0.2) is 0 Å². The van der Waals surface area contributed by atoms with Crippen molar-refractivity contribution in [1.29, 1.82) is 0 Å². The van der Waals surface area contributed by atoms with Gasteiger partial charge in [0.1, 0.15) is 5.54 Å². The van der Waals surface area contributed by atoms with Crippen LogP contribution in [0.15, 0.2) is 18.2 Å². The van der Waals surface area contributed by atoms with E-state index in [1.807, 2.05) is 25.2 Å². The number of amides is 1. The number of likely N-dealkylation sites (tertiary alicyclic amines) is 1. The Kier molecular flexibility index (Phi) is 4.88. The molecule has 0 saturated carbocycles. The van der Waals surface area contributed by atoms with Crippen LogP contribution in [-0.4, -0.2) is 72.4 Å². The molecule has 28 heavy (non-hydrogen) atoms. The second kappa shape index (κ2) is 7.21. The van der Waals surface area contributed by atoms with E-state index in [4.69, 9.17) is 26.4 Å². The number of benzene rings is 1. The molecule has 0 aromatic heterocycles. The summed E-state index contributed by atoms with van der Waals surface area (Å²) in [6.45, 7) is 3.72. The molecule has 9 heteroatoms. The second-order valence-electron chi connectivity index (χ2n) is 7.28. The Bertz CT molecular complexity index is 832. The molecule has 3 heterocycles. The van der Waals surface area contributed by atoms with Gasteiger partial charge in [-0.05, 0) is 43.9 Å². The Labute approximate surface area is 168 Å². The Morgan fingerprint density at radius 1 is 1.39 bits per heavy atom. The highest BCUT2D eigenvalue weighted by Gasteiger charge is 2.58. The molecule has 0 aliphatic carbocycles. The van der Waals surface area contributed by atoms with Crippen LogP contribution in [0.5, 0.6) is 11.5 Å². The van der Waals surface area contributed by atoms with Crippen LogP contribution in [0.1, 0.15) is 24.8 Å². The van der Waals surface area contributed by atoms with E-state index >= 15 is 0 Å². The van der Waals surface area contributed by atoms with Gasteiger partial charge in [0.25, 0.3) is 5.91 Å². The molecule has 2 atom stereocenters. The number of carbonyl (C=O) groups excluding carboxylic acids is 2. The third-order valence-electron chi connectivity index (χ3n) is 5.45. The monoisotopic (exact) mass is 405 g/mol. The first-order valence-electron chi connectivity index (χ1n) is 9.32. The van der Waals surface area contributed by atoms with Gasteiger partial charge in [0.15, 0.2) is 16.6 Å². The van der Waals surface area contributed by atoms with Gasteiger partial charge in [0.05, 0.1) is 13.0 Å². The van der Waals surface area contributed by atoms with Crippen molar-refractivity contribution in [1.82, 2.24) is 15.1 Å². The summed E-state index contributed by atoms with van der Waals surface area (Å²) >= 11 is 5.44. The number of nitrogens with one attached hydrogen (secondary N) is 1. The Morgan fingerprint density at radius 2 is 2.18 bits per heavy atom. The van der Waals surface area contributed by atoms with Crippen LogP contribution in [0.4, 0.5) is 0 Å². The maximum absolute atomic E-state index is 13.4. The van der Waals surface area contributed by atoms with Gasteiger partial charge in [-0.2, -0.15) is 0 Å². The molecule has 1 amide bonds. The molecule has 3 aliphatic heterocycles. The average Bonchev–Trinajstić information content (AvgIpc) is 3.31. The number of thiocarbonyl (C=S) groups is 1. The minimum Gasteiger partial charge on any atom is -0.466 e. The standard InChI is InChI=1S/C19H23N3O5S/c1-3-25-16(23)6-7-22-17(24)19(20-18(22)28)10-21(2)9-13(19)12-4-5-14-15(8-12)27-11-26-14/h4-5,8,13H,3,6-7,9-11H2,1-2H3,(H,20,28)/t13-,19-/m0/s1. The lowest BCUT2D eigenvalue weighted by atomic mass is 9.81. The fourth-order valence-corrected chi connectivity index (χ4v) is 4.57. The lowest BCUT2D eigenvalue weighted by molar-refractivity contribution is -0.143. The first kappa shape index (κ1) is 18.9. The van der Waals surface area contributed by atoms with Crippen molar-refractivity contribution >= 4 is 29.2 Å². The SMILES string of the molecule is CCOC(=O)CCN1C(=O)[C@@]2(CN(C)C[C@H]2c2ccc3c(c2)OCO3)NC1=S.